The van der Waals surface area contributed by atoms with Crippen LogP contribution in [0.15, 0.2) is 70.5 Å². The Bertz CT molecular complexity index is 1190. The third-order valence-corrected chi connectivity index (χ3v) is 5.62. The lowest BCUT2D eigenvalue weighted by molar-refractivity contribution is 0.102. The van der Waals surface area contributed by atoms with Gasteiger partial charge in [-0.3, -0.25) is 14.3 Å². The molecule has 3 rings (SSSR count). The van der Waals surface area contributed by atoms with Crippen LogP contribution >= 0.6 is 11.6 Å². The number of anilines is 2. The molecule has 1 heterocycles. The number of rotatable bonds is 5. The van der Waals surface area contributed by atoms with E-state index in [1.54, 1.807) is 37.3 Å². The highest BCUT2D eigenvalue weighted by Gasteiger charge is 2.18. The van der Waals surface area contributed by atoms with E-state index in [1.165, 1.54) is 30.5 Å². The average Bonchev–Trinajstić information content (AvgIpc) is 2.63. The van der Waals surface area contributed by atoms with Crippen LogP contribution in [0.2, 0.25) is 5.02 Å². The molecule has 0 aliphatic rings. The Morgan fingerprint density at radius 2 is 1.82 bits per heavy atom. The summed E-state index contributed by atoms with van der Waals surface area (Å²) >= 11 is 5.90. The van der Waals surface area contributed by atoms with Crippen molar-refractivity contribution in [2.45, 2.75) is 11.8 Å². The molecule has 1 amide bonds. The molecule has 28 heavy (non-hydrogen) atoms. The quantitative estimate of drug-likeness (QED) is 0.591. The monoisotopic (exact) mass is 417 g/mol. The second-order valence-corrected chi connectivity index (χ2v) is 8.08. The number of carbonyl (C=O) groups is 1. The van der Waals surface area contributed by atoms with Crippen LogP contribution in [0.25, 0.3) is 0 Å². The lowest BCUT2D eigenvalue weighted by Gasteiger charge is -2.13. The van der Waals surface area contributed by atoms with Gasteiger partial charge in [0, 0.05) is 23.0 Å². The van der Waals surface area contributed by atoms with Crippen LogP contribution in [0.5, 0.6) is 0 Å². The molecule has 7 nitrogen and oxygen atoms in total. The topological polar surface area (TPSA) is 108 Å². The third kappa shape index (κ3) is 4.59. The third-order valence-electron chi connectivity index (χ3n) is 3.86. The lowest BCUT2D eigenvalue weighted by atomic mass is 10.2. The van der Waals surface area contributed by atoms with E-state index in [0.717, 1.165) is 0 Å². The molecule has 0 spiro atoms. The first-order chi connectivity index (χ1) is 13.2. The minimum absolute atomic E-state index is 0.0201. The van der Waals surface area contributed by atoms with E-state index in [0.29, 0.717) is 22.0 Å². The van der Waals surface area contributed by atoms with Gasteiger partial charge in [-0.25, -0.2) is 8.42 Å². The van der Waals surface area contributed by atoms with Gasteiger partial charge in [-0.2, -0.15) is 0 Å². The Morgan fingerprint density at radius 1 is 1.04 bits per heavy atom. The Labute approximate surface area is 166 Å². The van der Waals surface area contributed by atoms with E-state index >= 15 is 0 Å². The van der Waals surface area contributed by atoms with E-state index < -0.39 is 15.9 Å². The zero-order valence-electron chi connectivity index (χ0n) is 14.7. The minimum atomic E-state index is -3.90. The maximum Gasteiger partial charge on any atom is 0.262 e. The molecule has 1 aromatic heterocycles. The van der Waals surface area contributed by atoms with Crippen LogP contribution in [0.4, 0.5) is 11.4 Å². The van der Waals surface area contributed by atoms with Crippen LogP contribution in [-0.2, 0) is 10.0 Å². The normalized spacial score (nSPS) is 11.1. The van der Waals surface area contributed by atoms with Crippen molar-refractivity contribution < 1.29 is 13.2 Å². The summed E-state index contributed by atoms with van der Waals surface area (Å²) in [6.07, 6.45) is 1.28. The molecule has 0 aliphatic heterocycles. The molecule has 9 heteroatoms. The maximum absolute atomic E-state index is 12.8. The van der Waals surface area contributed by atoms with Crippen molar-refractivity contribution in [1.29, 1.82) is 0 Å². The molecular weight excluding hydrogens is 402 g/mol. The number of aromatic nitrogens is 1. The van der Waals surface area contributed by atoms with Gasteiger partial charge in [0.05, 0.1) is 16.1 Å². The number of H-pyrrole nitrogens is 1. The van der Waals surface area contributed by atoms with E-state index in [1.807, 2.05) is 0 Å². The summed E-state index contributed by atoms with van der Waals surface area (Å²) in [5, 5.41) is 3.02. The van der Waals surface area contributed by atoms with E-state index in [-0.39, 0.29) is 16.0 Å². The SMILES string of the molecule is Cc1ccc(NC(=O)c2ccc(=O)[nH]c2)cc1S(=O)(=O)Nc1cccc(Cl)c1. The highest BCUT2D eigenvalue weighted by atomic mass is 35.5. The summed E-state index contributed by atoms with van der Waals surface area (Å²) in [7, 11) is -3.90. The van der Waals surface area contributed by atoms with Crippen molar-refractivity contribution in [3.05, 3.63) is 87.3 Å². The fraction of sp³-hybridized carbons (Fsp3) is 0.0526. The van der Waals surface area contributed by atoms with Crippen LogP contribution < -0.4 is 15.6 Å². The summed E-state index contributed by atoms with van der Waals surface area (Å²) < 4.78 is 28.0. The molecule has 3 aromatic rings. The number of carbonyl (C=O) groups excluding carboxylic acids is 1. The highest BCUT2D eigenvalue weighted by Crippen LogP contribution is 2.24. The number of benzene rings is 2. The molecule has 0 saturated heterocycles. The molecule has 0 fully saturated rings. The standard InChI is InChI=1S/C19H16ClN3O4S/c1-12-5-7-15(22-19(25)13-6-8-18(24)21-11-13)10-17(12)28(26,27)23-16-4-2-3-14(20)9-16/h2-11,23H,1H3,(H,21,24)(H,22,25). The second kappa shape index (κ2) is 7.87. The van der Waals surface area contributed by atoms with Crippen molar-refractivity contribution in [3.63, 3.8) is 0 Å². The highest BCUT2D eigenvalue weighted by molar-refractivity contribution is 7.92. The Morgan fingerprint density at radius 3 is 2.50 bits per heavy atom. The first kappa shape index (κ1) is 19.7. The summed E-state index contributed by atoms with van der Waals surface area (Å²) in [5.41, 5.74) is 1.05. The number of pyridine rings is 1. The predicted octanol–water partition coefficient (Wildman–Crippen LogP) is 3.39. The molecule has 2 aromatic carbocycles. The van der Waals surface area contributed by atoms with Gasteiger partial charge in [0.2, 0.25) is 5.56 Å². The molecule has 3 N–H and O–H groups in total. The second-order valence-electron chi connectivity index (χ2n) is 5.99. The van der Waals surface area contributed by atoms with E-state index in [2.05, 4.69) is 15.0 Å². The van der Waals surface area contributed by atoms with Gasteiger partial charge in [0.15, 0.2) is 0 Å². The Balaban J connectivity index is 1.87. The molecule has 0 aliphatic carbocycles. The van der Waals surface area contributed by atoms with Crippen molar-refractivity contribution in [2.24, 2.45) is 0 Å². The molecule has 0 bridgehead atoms. The van der Waals surface area contributed by atoms with Gasteiger partial charge in [-0.05, 0) is 48.9 Å². The first-order valence-corrected chi connectivity index (χ1v) is 10.00. The molecule has 0 unspecified atom stereocenters. The average molecular weight is 418 g/mol. The lowest BCUT2D eigenvalue weighted by Crippen LogP contribution is -2.17. The number of aromatic amines is 1. The smallest absolute Gasteiger partial charge is 0.262 e. The molecule has 0 saturated carbocycles. The minimum Gasteiger partial charge on any atom is -0.328 e. The molecule has 144 valence electrons. The van der Waals surface area contributed by atoms with Crippen LogP contribution in [0.3, 0.4) is 0 Å². The zero-order valence-corrected chi connectivity index (χ0v) is 16.3. The van der Waals surface area contributed by atoms with Crippen molar-refractivity contribution in [2.75, 3.05) is 10.0 Å². The van der Waals surface area contributed by atoms with Crippen LogP contribution in [0, 0.1) is 6.92 Å². The van der Waals surface area contributed by atoms with Gasteiger partial charge < -0.3 is 10.3 Å². The molecule has 0 atom stereocenters. The first-order valence-electron chi connectivity index (χ1n) is 8.14. The van der Waals surface area contributed by atoms with Crippen LogP contribution in [0.1, 0.15) is 15.9 Å². The van der Waals surface area contributed by atoms with Gasteiger partial charge >= 0.3 is 0 Å². The number of sulfonamides is 1. The zero-order chi connectivity index (χ0) is 20.3. The Kier molecular flexibility index (Phi) is 5.53. The van der Waals surface area contributed by atoms with Crippen molar-refractivity contribution in [3.8, 4) is 0 Å². The van der Waals surface area contributed by atoms with E-state index in [9.17, 15) is 18.0 Å². The summed E-state index contributed by atoms with van der Waals surface area (Å²) in [6, 6.07) is 13.5. The largest absolute Gasteiger partial charge is 0.328 e. The number of halogens is 1. The van der Waals surface area contributed by atoms with Crippen molar-refractivity contribution in [1.82, 2.24) is 4.98 Å². The number of aryl methyl sites for hydroxylation is 1. The van der Waals surface area contributed by atoms with Gasteiger partial charge in [-0.15, -0.1) is 0 Å². The summed E-state index contributed by atoms with van der Waals surface area (Å²) in [4.78, 5) is 25.8. The molecular formula is C19H16ClN3O4S. The van der Waals surface area contributed by atoms with Crippen LogP contribution in [-0.4, -0.2) is 19.3 Å². The van der Waals surface area contributed by atoms with E-state index in [4.69, 9.17) is 11.6 Å². The summed E-state index contributed by atoms with van der Waals surface area (Å²) in [6.45, 7) is 1.65. The van der Waals surface area contributed by atoms with Crippen molar-refractivity contribution >= 4 is 38.9 Å². The fourth-order valence-electron chi connectivity index (χ4n) is 2.48. The number of hydrogen-bond donors (Lipinski definition) is 3. The van der Waals surface area contributed by atoms with Gasteiger partial charge in [-0.1, -0.05) is 23.7 Å². The predicted molar refractivity (Wildman–Crippen MR) is 108 cm³/mol. The van der Waals surface area contributed by atoms with Gasteiger partial charge in [0.1, 0.15) is 0 Å². The molecule has 0 radical (unpaired) electrons. The van der Waals surface area contributed by atoms with Gasteiger partial charge in [0.25, 0.3) is 15.9 Å². The number of nitrogens with one attached hydrogen (secondary N) is 3. The number of amides is 1. The Hall–Kier alpha value is -3.10. The number of hydrogen-bond acceptors (Lipinski definition) is 4. The maximum atomic E-state index is 12.8. The fourth-order valence-corrected chi connectivity index (χ4v) is 4.00. The summed E-state index contributed by atoms with van der Waals surface area (Å²) in [5.74, 6) is -0.480.